The van der Waals surface area contributed by atoms with E-state index >= 15 is 0 Å². The van der Waals surface area contributed by atoms with E-state index in [1.807, 2.05) is 12.1 Å². The number of Topliss-reactive ketones (excluding diaryl/α,β-unsaturated/α-hetero) is 1. The van der Waals surface area contributed by atoms with E-state index in [-0.39, 0.29) is 24.2 Å². The molecule has 5 rings (SSSR count). The molecule has 168 valence electrons. The summed E-state index contributed by atoms with van der Waals surface area (Å²) in [6.45, 7) is 0. The van der Waals surface area contributed by atoms with Crippen molar-refractivity contribution in [3.05, 3.63) is 56.3 Å². The van der Waals surface area contributed by atoms with Crippen molar-refractivity contribution in [2.24, 2.45) is 11.8 Å². The number of benzene rings is 1. The lowest BCUT2D eigenvalue weighted by atomic mass is 9.76. The monoisotopic (exact) mass is 451 g/mol. The molecule has 2 N–H and O–H groups in total. The van der Waals surface area contributed by atoms with Crippen LogP contribution in [0.5, 0.6) is 0 Å². The maximum atomic E-state index is 13.5. The molecule has 0 spiro atoms. The third kappa shape index (κ3) is 3.90. The minimum atomic E-state index is -0.866. The predicted octanol–water partition coefficient (Wildman–Crippen LogP) is 4.66. The molecule has 1 heterocycles. The molecular weight excluding hydrogens is 422 g/mol. The molecular formula is C26H29NO4S. The number of hydrogen-bond donors (Lipinski definition) is 2. The zero-order valence-electron chi connectivity index (χ0n) is 18.2. The van der Waals surface area contributed by atoms with Gasteiger partial charge in [-0.15, -0.1) is 11.3 Å². The van der Waals surface area contributed by atoms with Crippen LogP contribution in [0.25, 0.3) is 0 Å². The van der Waals surface area contributed by atoms with Crippen molar-refractivity contribution in [1.82, 2.24) is 5.32 Å². The molecule has 0 radical (unpaired) electrons. The molecule has 1 aromatic carbocycles. The molecule has 3 aliphatic carbocycles. The van der Waals surface area contributed by atoms with E-state index in [1.165, 1.54) is 16.0 Å². The maximum absolute atomic E-state index is 13.5. The number of fused-ring (bicyclic) bond motifs is 2. The summed E-state index contributed by atoms with van der Waals surface area (Å²) in [7, 11) is 0. The number of amides is 1. The lowest BCUT2D eigenvalue weighted by Crippen LogP contribution is -2.34. The number of aryl methyl sites for hydroxylation is 2. The van der Waals surface area contributed by atoms with Gasteiger partial charge in [-0.2, -0.15) is 0 Å². The minimum Gasteiger partial charge on any atom is -0.481 e. The number of nitrogens with one attached hydrogen (secondary N) is 1. The van der Waals surface area contributed by atoms with Crippen LogP contribution in [0.4, 0.5) is 0 Å². The van der Waals surface area contributed by atoms with Crippen LogP contribution in [0.2, 0.25) is 0 Å². The van der Waals surface area contributed by atoms with Crippen molar-refractivity contribution in [3.8, 4) is 0 Å². The van der Waals surface area contributed by atoms with Crippen LogP contribution in [0.1, 0.15) is 81.4 Å². The molecule has 0 saturated heterocycles. The molecule has 1 fully saturated rings. The lowest BCUT2D eigenvalue weighted by molar-refractivity contribution is -0.148. The second-order valence-electron chi connectivity index (χ2n) is 9.40. The molecule has 3 atom stereocenters. The first-order chi connectivity index (χ1) is 15.5. The van der Waals surface area contributed by atoms with E-state index in [1.54, 1.807) is 11.3 Å². The molecule has 0 bridgehead atoms. The first kappa shape index (κ1) is 21.4. The highest BCUT2D eigenvalue weighted by atomic mass is 32.1. The van der Waals surface area contributed by atoms with Gasteiger partial charge in [-0.05, 0) is 61.6 Å². The average Bonchev–Trinajstić information content (AvgIpc) is 3.48. The van der Waals surface area contributed by atoms with Gasteiger partial charge in [-0.3, -0.25) is 14.4 Å². The summed E-state index contributed by atoms with van der Waals surface area (Å²) in [6, 6.07) is 8.27. The molecule has 6 heteroatoms. The number of thiophene rings is 1. The first-order valence-corrected chi connectivity index (χ1v) is 12.6. The fraction of sp³-hybridized carbons (Fsp3) is 0.500. The molecule has 5 nitrogen and oxygen atoms in total. The quantitative estimate of drug-likeness (QED) is 0.669. The Morgan fingerprint density at radius 3 is 2.56 bits per heavy atom. The fourth-order valence-electron chi connectivity index (χ4n) is 5.89. The molecule has 1 saturated carbocycles. The number of carbonyl (C=O) groups is 3. The zero-order valence-corrected chi connectivity index (χ0v) is 19.0. The summed E-state index contributed by atoms with van der Waals surface area (Å²) >= 11 is 1.59. The van der Waals surface area contributed by atoms with Crippen LogP contribution in [0.3, 0.4) is 0 Å². The van der Waals surface area contributed by atoms with Crippen LogP contribution in [0.15, 0.2) is 24.3 Å². The van der Waals surface area contributed by atoms with Gasteiger partial charge in [0.05, 0.1) is 17.5 Å². The van der Waals surface area contributed by atoms with Gasteiger partial charge in [0.1, 0.15) is 5.78 Å². The Labute approximate surface area is 192 Å². The number of aliphatic carboxylic acids is 1. The van der Waals surface area contributed by atoms with Crippen molar-refractivity contribution < 1.29 is 19.5 Å². The van der Waals surface area contributed by atoms with Crippen LogP contribution < -0.4 is 5.32 Å². The average molecular weight is 452 g/mol. The smallest absolute Gasteiger partial charge is 0.307 e. The summed E-state index contributed by atoms with van der Waals surface area (Å²) in [5.74, 6) is -1.98. The Bertz CT molecular complexity index is 1070. The van der Waals surface area contributed by atoms with E-state index < -0.39 is 17.8 Å². The summed E-state index contributed by atoms with van der Waals surface area (Å²) in [4.78, 5) is 40.4. The number of carbonyl (C=O) groups excluding carboxylic acids is 2. The Morgan fingerprint density at radius 2 is 1.75 bits per heavy atom. The molecule has 32 heavy (non-hydrogen) atoms. The Kier molecular flexibility index (Phi) is 5.89. The fourth-order valence-corrected chi connectivity index (χ4v) is 7.29. The summed E-state index contributed by atoms with van der Waals surface area (Å²) in [6.07, 6.45) is 7.90. The van der Waals surface area contributed by atoms with Crippen molar-refractivity contribution in [1.29, 1.82) is 0 Å². The van der Waals surface area contributed by atoms with E-state index in [0.717, 1.165) is 55.4 Å². The zero-order chi connectivity index (χ0) is 22.2. The lowest BCUT2D eigenvalue weighted by Gasteiger charge is -2.27. The highest BCUT2D eigenvalue weighted by Crippen LogP contribution is 2.39. The van der Waals surface area contributed by atoms with E-state index in [4.69, 9.17) is 0 Å². The van der Waals surface area contributed by atoms with E-state index in [2.05, 4.69) is 17.4 Å². The molecule has 2 aromatic rings. The molecule has 0 aliphatic heterocycles. The van der Waals surface area contributed by atoms with Crippen LogP contribution >= 0.6 is 11.3 Å². The van der Waals surface area contributed by atoms with Crippen molar-refractivity contribution in [3.63, 3.8) is 0 Å². The highest BCUT2D eigenvalue weighted by molar-refractivity contribution is 7.12. The van der Waals surface area contributed by atoms with Crippen LogP contribution in [-0.4, -0.2) is 22.8 Å². The van der Waals surface area contributed by atoms with Gasteiger partial charge in [0.25, 0.3) is 5.91 Å². The molecule has 3 unspecified atom stereocenters. The third-order valence-electron chi connectivity index (χ3n) is 7.49. The van der Waals surface area contributed by atoms with E-state index in [9.17, 15) is 19.5 Å². The standard InChI is InChI=1S/C26H29NO4S/c28-21(17-8-3-4-9-18(17)26(30)31)14-23-24(19-10-5-11-22(19)32-23)25(29)27-20-13-12-15-6-1-2-7-16(15)20/h1-2,6-7,17-18,20H,3-5,8-14H2,(H,27,29)(H,30,31). The van der Waals surface area contributed by atoms with Gasteiger partial charge in [0.2, 0.25) is 0 Å². The van der Waals surface area contributed by atoms with Crippen LogP contribution in [0, 0.1) is 11.8 Å². The topological polar surface area (TPSA) is 83.5 Å². The predicted molar refractivity (Wildman–Crippen MR) is 123 cm³/mol. The van der Waals surface area contributed by atoms with Gasteiger partial charge in [-0.1, -0.05) is 37.1 Å². The Hall–Kier alpha value is -2.47. The van der Waals surface area contributed by atoms with Crippen molar-refractivity contribution in [2.45, 2.75) is 70.3 Å². The van der Waals surface area contributed by atoms with Crippen molar-refractivity contribution in [2.75, 3.05) is 0 Å². The number of carboxylic acid groups (broad SMARTS) is 1. The Balaban J connectivity index is 1.38. The van der Waals surface area contributed by atoms with Gasteiger partial charge in [0, 0.05) is 22.1 Å². The number of hydrogen-bond acceptors (Lipinski definition) is 4. The molecule has 3 aliphatic rings. The summed E-state index contributed by atoms with van der Waals surface area (Å²) in [5, 5.41) is 12.8. The van der Waals surface area contributed by atoms with Gasteiger partial charge >= 0.3 is 5.97 Å². The van der Waals surface area contributed by atoms with Crippen LogP contribution in [-0.2, 0) is 35.3 Å². The van der Waals surface area contributed by atoms with Gasteiger partial charge in [0.15, 0.2) is 0 Å². The number of ketones is 1. The second-order valence-corrected chi connectivity index (χ2v) is 10.6. The summed E-state index contributed by atoms with van der Waals surface area (Å²) < 4.78 is 0. The second kappa shape index (κ2) is 8.81. The Morgan fingerprint density at radius 1 is 0.969 bits per heavy atom. The third-order valence-corrected chi connectivity index (χ3v) is 8.78. The first-order valence-electron chi connectivity index (χ1n) is 11.8. The summed E-state index contributed by atoms with van der Waals surface area (Å²) in [5.41, 5.74) is 4.29. The van der Waals surface area contributed by atoms with E-state index in [0.29, 0.717) is 18.4 Å². The highest BCUT2D eigenvalue weighted by Gasteiger charge is 2.37. The van der Waals surface area contributed by atoms with Crippen molar-refractivity contribution >= 4 is 29.0 Å². The normalized spacial score (nSPS) is 24.1. The molecule has 1 amide bonds. The van der Waals surface area contributed by atoms with Gasteiger partial charge in [-0.25, -0.2) is 0 Å². The SMILES string of the molecule is O=C(NC1CCc2ccccc21)c1c(CC(=O)C2CCCCC2C(=O)O)sc2c1CCC2. The maximum Gasteiger partial charge on any atom is 0.307 e. The largest absolute Gasteiger partial charge is 0.481 e. The molecule has 1 aromatic heterocycles. The number of carboxylic acids is 1. The van der Waals surface area contributed by atoms with Gasteiger partial charge < -0.3 is 10.4 Å². The number of rotatable bonds is 6. The minimum absolute atomic E-state index is 0.00828.